The van der Waals surface area contributed by atoms with E-state index in [2.05, 4.69) is 24.5 Å². The number of amides is 3. The minimum absolute atomic E-state index is 0.0300. The van der Waals surface area contributed by atoms with Gasteiger partial charge in [-0.3, -0.25) is 14.4 Å². The van der Waals surface area contributed by atoms with Gasteiger partial charge in [0.15, 0.2) is 0 Å². The molecule has 2 N–H and O–H groups in total. The van der Waals surface area contributed by atoms with Crippen molar-refractivity contribution in [2.75, 3.05) is 25.0 Å². The Morgan fingerprint density at radius 2 is 1.88 bits per heavy atom. The summed E-state index contributed by atoms with van der Waals surface area (Å²) in [5.41, 5.74) is 2.58. The van der Waals surface area contributed by atoms with Crippen LogP contribution in [0.5, 0.6) is 0 Å². The van der Waals surface area contributed by atoms with Crippen molar-refractivity contribution < 1.29 is 14.4 Å². The second-order valence-corrected chi connectivity index (χ2v) is 8.91. The van der Waals surface area contributed by atoms with E-state index >= 15 is 0 Å². The molecule has 3 amide bonds. The Bertz CT molecular complexity index is 970. The van der Waals surface area contributed by atoms with Crippen LogP contribution in [0.3, 0.4) is 0 Å². The van der Waals surface area contributed by atoms with Crippen molar-refractivity contribution in [1.82, 2.24) is 10.2 Å². The first-order chi connectivity index (χ1) is 15.3. The van der Waals surface area contributed by atoms with Crippen LogP contribution in [-0.4, -0.2) is 42.3 Å². The van der Waals surface area contributed by atoms with Crippen molar-refractivity contribution in [2.24, 2.45) is 11.8 Å². The molecule has 2 aromatic carbocycles. The summed E-state index contributed by atoms with van der Waals surface area (Å²) in [7, 11) is 0. The van der Waals surface area contributed by atoms with E-state index in [9.17, 15) is 14.4 Å². The van der Waals surface area contributed by atoms with Crippen LogP contribution in [0.2, 0.25) is 0 Å². The zero-order chi connectivity index (χ0) is 23.1. The first-order valence-electron chi connectivity index (χ1n) is 11.4. The van der Waals surface area contributed by atoms with Gasteiger partial charge in [-0.25, -0.2) is 0 Å². The van der Waals surface area contributed by atoms with E-state index in [1.54, 1.807) is 35.2 Å². The van der Waals surface area contributed by atoms with Crippen molar-refractivity contribution in [3.05, 3.63) is 65.2 Å². The van der Waals surface area contributed by atoms with Crippen molar-refractivity contribution in [1.29, 1.82) is 0 Å². The van der Waals surface area contributed by atoms with Gasteiger partial charge >= 0.3 is 0 Å². The summed E-state index contributed by atoms with van der Waals surface area (Å²) in [5.74, 6) is 0.0741. The number of hydrogen-bond donors (Lipinski definition) is 2. The van der Waals surface area contributed by atoms with Gasteiger partial charge in [0, 0.05) is 36.4 Å². The van der Waals surface area contributed by atoms with E-state index < -0.39 is 0 Å². The molecule has 1 atom stereocenters. The average Bonchev–Trinajstić information content (AvgIpc) is 2.78. The second-order valence-electron chi connectivity index (χ2n) is 8.91. The summed E-state index contributed by atoms with van der Waals surface area (Å²) in [4.78, 5) is 40.0. The van der Waals surface area contributed by atoms with Gasteiger partial charge in [-0.05, 0) is 61.9 Å². The SMILES string of the molecule is Cc1ccccc1C(=O)Nc1cccc(C(=O)N2CCC[C@@H](C(=O)NCCC(C)C)C2)c1. The lowest BCUT2D eigenvalue weighted by Crippen LogP contribution is -2.45. The number of hydrogen-bond acceptors (Lipinski definition) is 3. The molecule has 3 rings (SSSR count). The predicted molar refractivity (Wildman–Crippen MR) is 127 cm³/mol. The molecule has 0 unspecified atom stereocenters. The number of rotatable bonds is 7. The number of carbonyl (C=O) groups is 3. The van der Waals surface area contributed by atoms with Crippen LogP contribution in [0.4, 0.5) is 5.69 Å². The molecule has 0 aromatic heterocycles. The number of carbonyl (C=O) groups excluding carboxylic acids is 3. The first-order valence-corrected chi connectivity index (χ1v) is 11.4. The monoisotopic (exact) mass is 435 g/mol. The molecule has 0 aliphatic carbocycles. The van der Waals surface area contributed by atoms with Gasteiger partial charge in [0.25, 0.3) is 11.8 Å². The Kier molecular flexibility index (Phi) is 8.03. The summed E-state index contributed by atoms with van der Waals surface area (Å²) in [6.45, 7) is 7.88. The molecular weight excluding hydrogens is 402 g/mol. The number of nitrogens with zero attached hydrogens (tertiary/aromatic N) is 1. The van der Waals surface area contributed by atoms with E-state index in [4.69, 9.17) is 0 Å². The lowest BCUT2D eigenvalue weighted by Gasteiger charge is -2.32. The molecule has 170 valence electrons. The van der Waals surface area contributed by atoms with E-state index in [1.807, 2.05) is 25.1 Å². The highest BCUT2D eigenvalue weighted by atomic mass is 16.2. The predicted octanol–water partition coefficient (Wildman–Crippen LogP) is 4.26. The van der Waals surface area contributed by atoms with Crippen molar-refractivity contribution >= 4 is 23.4 Å². The Morgan fingerprint density at radius 3 is 2.62 bits per heavy atom. The van der Waals surface area contributed by atoms with Crippen LogP contribution in [0.1, 0.15) is 59.4 Å². The maximum Gasteiger partial charge on any atom is 0.255 e. The maximum absolute atomic E-state index is 13.1. The zero-order valence-corrected chi connectivity index (χ0v) is 19.2. The number of anilines is 1. The fourth-order valence-electron chi connectivity index (χ4n) is 3.94. The molecule has 6 heteroatoms. The highest BCUT2D eigenvalue weighted by Gasteiger charge is 2.29. The molecule has 6 nitrogen and oxygen atoms in total. The van der Waals surface area contributed by atoms with E-state index in [-0.39, 0.29) is 23.6 Å². The highest BCUT2D eigenvalue weighted by Crippen LogP contribution is 2.21. The Morgan fingerprint density at radius 1 is 1.09 bits per heavy atom. The van der Waals surface area contributed by atoms with Crippen LogP contribution in [0.15, 0.2) is 48.5 Å². The molecule has 0 radical (unpaired) electrons. The van der Waals surface area contributed by atoms with Crippen LogP contribution < -0.4 is 10.6 Å². The Labute approximate surface area is 190 Å². The molecular formula is C26H33N3O3. The second kappa shape index (κ2) is 10.9. The van der Waals surface area contributed by atoms with E-state index in [1.165, 1.54) is 0 Å². The molecule has 0 saturated carbocycles. The quantitative estimate of drug-likeness (QED) is 0.682. The zero-order valence-electron chi connectivity index (χ0n) is 19.2. The van der Waals surface area contributed by atoms with Crippen LogP contribution in [0.25, 0.3) is 0 Å². The standard InChI is InChI=1S/C26H33N3O3/c1-18(2)13-14-27-24(30)21-10-7-15-29(17-21)26(32)20-9-6-11-22(16-20)28-25(31)23-12-5-4-8-19(23)3/h4-6,8-9,11-12,16,18,21H,7,10,13-15,17H2,1-3H3,(H,27,30)(H,28,31)/t21-/m1/s1. The molecule has 1 aliphatic rings. The number of benzene rings is 2. The van der Waals surface area contributed by atoms with E-state index in [0.717, 1.165) is 24.8 Å². The normalized spacial score (nSPS) is 16.0. The van der Waals surface area contributed by atoms with Crippen molar-refractivity contribution in [3.8, 4) is 0 Å². The Balaban J connectivity index is 1.63. The van der Waals surface area contributed by atoms with E-state index in [0.29, 0.717) is 42.4 Å². The lowest BCUT2D eigenvalue weighted by atomic mass is 9.96. The summed E-state index contributed by atoms with van der Waals surface area (Å²) in [6, 6.07) is 14.4. The summed E-state index contributed by atoms with van der Waals surface area (Å²) in [5, 5.41) is 5.89. The van der Waals surface area contributed by atoms with Gasteiger partial charge in [0.05, 0.1) is 5.92 Å². The van der Waals surface area contributed by atoms with Gasteiger partial charge in [-0.1, -0.05) is 38.1 Å². The smallest absolute Gasteiger partial charge is 0.255 e. The van der Waals surface area contributed by atoms with Gasteiger partial charge < -0.3 is 15.5 Å². The first kappa shape index (κ1) is 23.5. The third-order valence-electron chi connectivity index (χ3n) is 5.86. The summed E-state index contributed by atoms with van der Waals surface area (Å²) >= 11 is 0. The molecule has 2 aromatic rings. The van der Waals surface area contributed by atoms with Crippen LogP contribution in [-0.2, 0) is 4.79 Å². The van der Waals surface area contributed by atoms with Gasteiger partial charge in [-0.2, -0.15) is 0 Å². The highest BCUT2D eigenvalue weighted by molar-refractivity contribution is 6.06. The largest absolute Gasteiger partial charge is 0.356 e. The molecule has 0 spiro atoms. The van der Waals surface area contributed by atoms with Gasteiger partial charge in [0.2, 0.25) is 5.91 Å². The average molecular weight is 436 g/mol. The lowest BCUT2D eigenvalue weighted by molar-refractivity contribution is -0.126. The molecule has 1 fully saturated rings. The molecule has 32 heavy (non-hydrogen) atoms. The molecule has 1 heterocycles. The van der Waals surface area contributed by atoms with Gasteiger partial charge in [-0.15, -0.1) is 0 Å². The maximum atomic E-state index is 13.1. The fourth-order valence-corrected chi connectivity index (χ4v) is 3.94. The molecule has 0 bridgehead atoms. The Hall–Kier alpha value is -3.15. The molecule has 1 saturated heterocycles. The summed E-state index contributed by atoms with van der Waals surface area (Å²) < 4.78 is 0. The van der Waals surface area contributed by atoms with Crippen molar-refractivity contribution in [2.45, 2.75) is 40.0 Å². The third kappa shape index (κ3) is 6.19. The number of likely N-dealkylation sites (tertiary alicyclic amines) is 1. The van der Waals surface area contributed by atoms with Crippen LogP contribution in [0, 0.1) is 18.8 Å². The van der Waals surface area contributed by atoms with Crippen molar-refractivity contribution in [3.63, 3.8) is 0 Å². The fraction of sp³-hybridized carbons (Fsp3) is 0.423. The van der Waals surface area contributed by atoms with Crippen LogP contribution >= 0.6 is 0 Å². The van der Waals surface area contributed by atoms with Gasteiger partial charge in [0.1, 0.15) is 0 Å². The number of nitrogens with one attached hydrogen (secondary N) is 2. The third-order valence-corrected chi connectivity index (χ3v) is 5.86. The number of aryl methyl sites for hydroxylation is 1. The topological polar surface area (TPSA) is 78.5 Å². The summed E-state index contributed by atoms with van der Waals surface area (Å²) in [6.07, 6.45) is 2.55. The number of piperidine rings is 1. The minimum atomic E-state index is -0.205. The minimum Gasteiger partial charge on any atom is -0.356 e. The molecule has 1 aliphatic heterocycles.